The molecule has 0 atom stereocenters. The van der Waals surface area contributed by atoms with Crippen LogP contribution in [0.5, 0.6) is 0 Å². The molecular formula is C16H11F2NO3S2. The second kappa shape index (κ2) is 5.95. The highest BCUT2D eigenvalue weighted by molar-refractivity contribution is 7.90. The first kappa shape index (κ1) is 16.5. The van der Waals surface area contributed by atoms with Crippen LogP contribution >= 0.6 is 11.3 Å². The van der Waals surface area contributed by atoms with Crippen molar-refractivity contribution in [2.45, 2.75) is 4.90 Å². The topological polar surface area (TPSA) is 56.1 Å². The summed E-state index contributed by atoms with van der Waals surface area (Å²) in [6.07, 6.45) is 0.915. The second-order valence-corrected chi connectivity index (χ2v) is 7.92. The minimum atomic E-state index is -3.69. The zero-order valence-corrected chi connectivity index (χ0v) is 14.0. The smallest absolute Gasteiger partial charge is 0.267 e. The standard InChI is InChI=1S/C16H11F2NO3S2/c1-24(21,22)15-6-5-10(7-13(15)18)14-9-23-16(20)19(14)12-4-2-3-11(17)8-12/h2-9H,1H3. The Labute approximate surface area is 140 Å². The van der Waals surface area contributed by atoms with Crippen LogP contribution in [0.1, 0.15) is 0 Å². The van der Waals surface area contributed by atoms with Crippen LogP contribution in [0.4, 0.5) is 8.78 Å². The molecule has 0 saturated heterocycles. The summed E-state index contributed by atoms with van der Waals surface area (Å²) in [5.74, 6) is -1.41. The molecule has 1 heterocycles. The Morgan fingerprint density at radius 1 is 1.08 bits per heavy atom. The number of rotatable bonds is 3. The lowest BCUT2D eigenvalue weighted by Crippen LogP contribution is -2.12. The third-order valence-corrected chi connectivity index (χ3v) is 5.24. The molecule has 124 valence electrons. The molecule has 0 aliphatic carbocycles. The van der Waals surface area contributed by atoms with Crippen LogP contribution in [0.3, 0.4) is 0 Å². The van der Waals surface area contributed by atoms with E-state index in [0.717, 1.165) is 29.7 Å². The fourth-order valence-corrected chi connectivity index (χ4v) is 3.82. The number of halogens is 2. The van der Waals surface area contributed by atoms with Crippen molar-refractivity contribution < 1.29 is 17.2 Å². The van der Waals surface area contributed by atoms with Gasteiger partial charge in [-0.15, -0.1) is 0 Å². The lowest BCUT2D eigenvalue weighted by atomic mass is 10.1. The second-order valence-electron chi connectivity index (χ2n) is 5.12. The van der Waals surface area contributed by atoms with Crippen LogP contribution in [0.2, 0.25) is 0 Å². The SMILES string of the molecule is CS(=O)(=O)c1ccc(-c2csc(=O)n2-c2cccc(F)c2)cc1F. The van der Waals surface area contributed by atoms with E-state index in [1.54, 1.807) is 6.07 Å². The average molecular weight is 367 g/mol. The highest BCUT2D eigenvalue weighted by atomic mass is 32.2. The number of sulfone groups is 1. The van der Waals surface area contributed by atoms with Crippen molar-refractivity contribution in [3.05, 3.63) is 69.1 Å². The minimum absolute atomic E-state index is 0.309. The molecule has 4 nitrogen and oxygen atoms in total. The quantitative estimate of drug-likeness (QED) is 0.714. The Morgan fingerprint density at radius 3 is 2.46 bits per heavy atom. The van der Waals surface area contributed by atoms with E-state index < -0.39 is 26.4 Å². The number of thiazole rings is 1. The van der Waals surface area contributed by atoms with Gasteiger partial charge in [-0.25, -0.2) is 17.2 Å². The van der Waals surface area contributed by atoms with Gasteiger partial charge in [0.2, 0.25) is 0 Å². The van der Waals surface area contributed by atoms with E-state index >= 15 is 0 Å². The Bertz CT molecular complexity index is 1080. The zero-order valence-electron chi connectivity index (χ0n) is 12.4. The summed E-state index contributed by atoms with van der Waals surface area (Å²) < 4.78 is 51.8. The van der Waals surface area contributed by atoms with E-state index in [1.807, 2.05) is 0 Å². The van der Waals surface area contributed by atoms with Crippen molar-refractivity contribution in [2.75, 3.05) is 6.26 Å². The van der Waals surface area contributed by atoms with Crippen molar-refractivity contribution in [3.8, 4) is 16.9 Å². The largest absolute Gasteiger partial charge is 0.312 e. The number of aromatic nitrogens is 1. The zero-order chi connectivity index (χ0) is 17.5. The molecule has 0 radical (unpaired) electrons. The Hall–Kier alpha value is -2.32. The van der Waals surface area contributed by atoms with Gasteiger partial charge in [0.05, 0.1) is 11.4 Å². The molecule has 0 saturated carbocycles. The molecule has 0 fully saturated rings. The molecule has 2 aromatic carbocycles. The maximum atomic E-state index is 14.1. The molecular weight excluding hydrogens is 356 g/mol. The van der Waals surface area contributed by atoms with Gasteiger partial charge < -0.3 is 0 Å². The number of hydrogen-bond donors (Lipinski definition) is 0. The Balaban J connectivity index is 2.19. The van der Waals surface area contributed by atoms with Crippen LogP contribution < -0.4 is 4.87 Å². The van der Waals surface area contributed by atoms with Gasteiger partial charge in [-0.3, -0.25) is 9.36 Å². The molecule has 0 aliphatic rings. The number of nitrogens with zero attached hydrogens (tertiary/aromatic N) is 1. The predicted octanol–water partition coefficient (Wildman–Crippen LogP) is 3.25. The summed E-state index contributed by atoms with van der Waals surface area (Å²) in [6.45, 7) is 0. The highest BCUT2D eigenvalue weighted by Gasteiger charge is 2.17. The van der Waals surface area contributed by atoms with Crippen molar-refractivity contribution in [2.24, 2.45) is 0 Å². The van der Waals surface area contributed by atoms with Crippen molar-refractivity contribution in [1.29, 1.82) is 0 Å². The molecule has 24 heavy (non-hydrogen) atoms. The maximum Gasteiger partial charge on any atom is 0.312 e. The van der Waals surface area contributed by atoms with Crippen LogP contribution in [0.15, 0.2) is 57.5 Å². The van der Waals surface area contributed by atoms with Gasteiger partial charge in [-0.2, -0.15) is 0 Å². The van der Waals surface area contributed by atoms with Crippen LogP contribution in [-0.4, -0.2) is 19.2 Å². The van der Waals surface area contributed by atoms with Gasteiger partial charge in [0.25, 0.3) is 0 Å². The molecule has 0 spiro atoms. The van der Waals surface area contributed by atoms with Crippen LogP contribution in [0, 0.1) is 11.6 Å². The molecule has 1 aromatic heterocycles. The third kappa shape index (κ3) is 3.02. The molecule has 0 amide bonds. The summed E-state index contributed by atoms with van der Waals surface area (Å²) in [5, 5.41) is 1.52. The van der Waals surface area contributed by atoms with Crippen molar-refractivity contribution in [1.82, 2.24) is 4.57 Å². The van der Waals surface area contributed by atoms with Crippen LogP contribution in [0.25, 0.3) is 16.9 Å². The van der Waals surface area contributed by atoms with Gasteiger partial charge in [0.1, 0.15) is 16.5 Å². The first-order valence-electron chi connectivity index (χ1n) is 6.74. The minimum Gasteiger partial charge on any atom is -0.267 e. The van der Waals surface area contributed by atoms with E-state index in [1.165, 1.54) is 34.2 Å². The molecule has 0 aliphatic heterocycles. The van der Waals surface area contributed by atoms with Gasteiger partial charge >= 0.3 is 4.87 Å². The van der Waals surface area contributed by atoms with Gasteiger partial charge in [-0.05, 0) is 30.3 Å². The number of hydrogen-bond acceptors (Lipinski definition) is 4. The molecule has 0 N–H and O–H groups in total. The van der Waals surface area contributed by atoms with Gasteiger partial charge in [0, 0.05) is 17.2 Å². The molecule has 3 aromatic rings. The summed E-state index contributed by atoms with van der Waals surface area (Å²) >= 11 is 0.886. The highest BCUT2D eigenvalue weighted by Crippen LogP contribution is 2.27. The van der Waals surface area contributed by atoms with Gasteiger partial charge in [0.15, 0.2) is 9.84 Å². The molecule has 0 bridgehead atoms. The summed E-state index contributed by atoms with van der Waals surface area (Å²) in [6, 6.07) is 9.08. The van der Waals surface area contributed by atoms with Crippen molar-refractivity contribution in [3.63, 3.8) is 0 Å². The van der Waals surface area contributed by atoms with E-state index in [2.05, 4.69) is 0 Å². The van der Waals surface area contributed by atoms with E-state index in [0.29, 0.717) is 16.9 Å². The van der Waals surface area contributed by atoms with E-state index in [4.69, 9.17) is 0 Å². The van der Waals surface area contributed by atoms with E-state index in [-0.39, 0.29) is 4.87 Å². The predicted molar refractivity (Wildman–Crippen MR) is 88.4 cm³/mol. The first-order valence-corrected chi connectivity index (χ1v) is 9.51. The summed E-state index contributed by atoms with van der Waals surface area (Å²) in [7, 11) is -3.69. The molecule has 0 unspecified atom stereocenters. The molecule has 3 rings (SSSR count). The lowest BCUT2D eigenvalue weighted by molar-refractivity contribution is 0.571. The summed E-state index contributed by atoms with van der Waals surface area (Å²) in [5.41, 5.74) is 0.987. The average Bonchev–Trinajstić information content (AvgIpc) is 2.87. The Morgan fingerprint density at radius 2 is 1.83 bits per heavy atom. The van der Waals surface area contributed by atoms with Crippen LogP contribution in [-0.2, 0) is 9.84 Å². The summed E-state index contributed by atoms with van der Waals surface area (Å²) in [4.78, 5) is 11.3. The van der Waals surface area contributed by atoms with E-state index in [9.17, 15) is 22.0 Å². The third-order valence-electron chi connectivity index (χ3n) is 3.39. The first-order chi connectivity index (χ1) is 11.3. The van der Waals surface area contributed by atoms with Gasteiger partial charge in [-0.1, -0.05) is 23.5 Å². The maximum absolute atomic E-state index is 14.1. The normalized spacial score (nSPS) is 11.6. The lowest BCUT2D eigenvalue weighted by Gasteiger charge is -2.09. The monoisotopic (exact) mass is 367 g/mol. The fraction of sp³-hybridized carbons (Fsp3) is 0.0625. The van der Waals surface area contributed by atoms with Crippen molar-refractivity contribution >= 4 is 21.2 Å². The fourth-order valence-electron chi connectivity index (χ4n) is 2.33. The molecule has 8 heteroatoms. The number of benzene rings is 2. The Kier molecular flexibility index (Phi) is 4.10.